The summed E-state index contributed by atoms with van der Waals surface area (Å²) in [6.45, 7) is 4.40. The highest BCUT2D eigenvalue weighted by Gasteiger charge is 2.39. The fourth-order valence-corrected chi connectivity index (χ4v) is 5.33. The number of aryl methyl sites for hydroxylation is 1. The number of ether oxygens (including phenoxy) is 1. The molecule has 0 aliphatic carbocycles. The summed E-state index contributed by atoms with van der Waals surface area (Å²) in [5, 5.41) is 3.18. The number of anilines is 1. The zero-order valence-corrected chi connectivity index (χ0v) is 24.6. The molecule has 6 nitrogen and oxygen atoms in total. The predicted molar refractivity (Wildman–Crippen MR) is 151 cm³/mol. The lowest BCUT2D eigenvalue weighted by molar-refractivity contribution is -0.142. The number of nitrogens with one attached hydrogen (secondary N) is 1. The van der Waals surface area contributed by atoms with E-state index < -0.39 is 52.9 Å². The van der Waals surface area contributed by atoms with Gasteiger partial charge in [-0.15, -0.1) is 0 Å². The molecule has 3 aromatic rings. The Morgan fingerprint density at radius 3 is 2.27 bits per heavy atom. The van der Waals surface area contributed by atoms with E-state index in [1.54, 1.807) is 13.0 Å². The van der Waals surface area contributed by atoms with Crippen LogP contribution in [0.5, 0.6) is 0 Å². The molecule has 2 atom stereocenters. The number of likely N-dealkylation sites (N-methyl/N-ethyl adjacent to an activating group) is 1. The Balaban J connectivity index is 0.00000529. The first-order chi connectivity index (χ1) is 20.0. The highest BCUT2D eigenvalue weighted by molar-refractivity contribution is 6.03. The average Bonchev–Trinajstić information content (AvgIpc) is 3.45. The summed E-state index contributed by atoms with van der Waals surface area (Å²) in [7, 11) is 2.70. The molecule has 0 saturated carbocycles. The minimum absolute atomic E-state index is 0. The Morgan fingerprint density at radius 2 is 1.68 bits per heavy atom. The summed E-state index contributed by atoms with van der Waals surface area (Å²) in [4.78, 5) is 31.7. The first kappa shape index (κ1) is 34.5. The number of aromatic nitrogens is 1. The van der Waals surface area contributed by atoms with Crippen LogP contribution in [-0.4, -0.2) is 37.1 Å². The SMILES string of the molecule is COC(=O)[C@@H]1CC[C@H](c2cc(-c3ccc(F)cc3C)c(N(C)C(=O)C(C)(C)c3cc(C(F)F)cc(C(F)(F)F)c3)cn2)N1.F. The molecule has 4 rings (SSSR count). The standard InChI is InChI=1S/C31H31F6N3O3.FH/c1-16-10-20(32)6-7-21(16)22-14-25(23-8-9-24(39-23)28(41)43-5)38-15-26(22)40(4)29(42)30(2,3)18-11-17(27(33)34)12-19(13-18)31(35,36)37;/h6-7,10-15,23-24,27,39H,8-9H2,1-5H3;1H/t23-,24+;/m1./s1. The number of methoxy groups -OCH3 is 1. The van der Waals surface area contributed by atoms with Gasteiger partial charge in [-0.2, -0.15) is 13.2 Å². The summed E-state index contributed by atoms with van der Waals surface area (Å²) < 4.78 is 86.7. The van der Waals surface area contributed by atoms with E-state index in [2.05, 4.69) is 10.3 Å². The second-order valence-electron chi connectivity index (χ2n) is 11.1. The second-order valence-corrected chi connectivity index (χ2v) is 11.1. The van der Waals surface area contributed by atoms with Crippen LogP contribution < -0.4 is 10.2 Å². The van der Waals surface area contributed by atoms with Crippen molar-refractivity contribution >= 4 is 17.6 Å². The van der Waals surface area contributed by atoms with E-state index in [-0.39, 0.29) is 22.0 Å². The summed E-state index contributed by atoms with van der Waals surface area (Å²) in [6.07, 6.45) is -5.59. The van der Waals surface area contributed by atoms with E-state index in [4.69, 9.17) is 4.74 Å². The van der Waals surface area contributed by atoms with Crippen LogP contribution in [0.2, 0.25) is 0 Å². The topological polar surface area (TPSA) is 71.5 Å². The van der Waals surface area contributed by atoms with Crippen LogP contribution in [0.25, 0.3) is 11.1 Å². The van der Waals surface area contributed by atoms with Crippen molar-refractivity contribution in [3.8, 4) is 11.1 Å². The zero-order valence-electron chi connectivity index (χ0n) is 24.6. The molecule has 0 unspecified atom stereocenters. The quantitative estimate of drug-likeness (QED) is 0.222. The van der Waals surface area contributed by atoms with Crippen molar-refractivity contribution in [3.05, 3.63) is 82.4 Å². The molecule has 44 heavy (non-hydrogen) atoms. The molecule has 0 radical (unpaired) electrons. The lowest BCUT2D eigenvalue weighted by atomic mass is 9.81. The molecule has 1 aliphatic heterocycles. The number of hydrogen-bond donors (Lipinski definition) is 1. The molecule has 1 N–H and O–H groups in total. The summed E-state index contributed by atoms with van der Waals surface area (Å²) in [5.41, 5.74) is -1.63. The van der Waals surface area contributed by atoms with E-state index >= 15 is 0 Å². The monoisotopic (exact) mass is 627 g/mol. The van der Waals surface area contributed by atoms with Crippen molar-refractivity contribution < 1.29 is 45.4 Å². The van der Waals surface area contributed by atoms with Gasteiger partial charge < -0.3 is 9.64 Å². The Labute approximate surface area is 249 Å². The van der Waals surface area contributed by atoms with Crippen LogP contribution in [0, 0.1) is 12.7 Å². The number of carbonyl (C=O) groups is 2. The second kappa shape index (κ2) is 12.9. The Bertz CT molecular complexity index is 1540. The fraction of sp³-hybridized carbons (Fsp3) is 0.387. The first-order valence-corrected chi connectivity index (χ1v) is 13.4. The molecule has 1 aromatic heterocycles. The molecule has 0 spiro atoms. The van der Waals surface area contributed by atoms with Gasteiger partial charge in [-0.05, 0) is 86.7 Å². The van der Waals surface area contributed by atoms with Crippen molar-refractivity contribution in [3.63, 3.8) is 0 Å². The van der Waals surface area contributed by atoms with Crippen molar-refractivity contribution in [1.29, 1.82) is 0 Å². The lowest BCUT2D eigenvalue weighted by Gasteiger charge is -2.32. The highest BCUT2D eigenvalue weighted by Crippen LogP contribution is 2.40. The van der Waals surface area contributed by atoms with Crippen molar-refractivity contribution in [2.45, 2.75) is 63.7 Å². The molecule has 1 saturated heterocycles. The van der Waals surface area contributed by atoms with E-state index in [0.29, 0.717) is 47.4 Å². The van der Waals surface area contributed by atoms with Crippen LogP contribution in [0.15, 0.2) is 48.7 Å². The van der Waals surface area contributed by atoms with Gasteiger partial charge in [-0.1, -0.05) is 6.07 Å². The number of benzene rings is 2. The van der Waals surface area contributed by atoms with Gasteiger partial charge >= 0.3 is 12.1 Å². The summed E-state index contributed by atoms with van der Waals surface area (Å²) in [5.74, 6) is -1.57. The number of halogens is 7. The molecule has 0 bridgehead atoms. The molecule has 13 heteroatoms. The van der Waals surface area contributed by atoms with Gasteiger partial charge in [0.15, 0.2) is 0 Å². The normalized spacial score (nSPS) is 16.9. The molecule has 1 amide bonds. The van der Waals surface area contributed by atoms with Gasteiger partial charge in [0.25, 0.3) is 6.43 Å². The number of esters is 1. The molecular formula is C31H32F7N3O3. The van der Waals surface area contributed by atoms with Crippen molar-refractivity contribution in [1.82, 2.24) is 10.3 Å². The lowest BCUT2D eigenvalue weighted by Crippen LogP contribution is -2.42. The van der Waals surface area contributed by atoms with Gasteiger partial charge in [0.05, 0.1) is 41.7 Å². The van der Waals surface area contributed by atoms with Crippen molar-refractivity contribution in [2.24, 2.45) is 0 Å². The van der Waals surface area contributed by atoms with Gasteiger partial charge in [0, 0.05) is 18.2 Å². The van der Waals surface area contributed by atoms with Crippen LogP contribution >= 0.6 is 0 Å². The largest absolute Gasteiger partial charge is 0.468 e. The van der Waals surface area contributed by atoms with Crippen LogP contribution in [0.4, 0.5) is 36.7 Å². The van der Waals surface area contributed by atoms with Crippen molar-refractivity contribution in [2.75, 3.05) is 19.1 Å². The van der Waals surface area contributed by atoms with Crippen LogP contribution in [-0.2, 0) is 25.9 Å². The fourth-order valence-electron chi connectivity index (χ4n) is 5.33. The van der Waals surface area contributed by atoms with Crippen LogP contribution in [0.1, 0.15) is 67.1 Å². The number of alkyl halides is 5. The van der Waals surface area contributed by atoms with E-state index in [1.165, 1.54) is 57.3 Å². The minimum atomic E-state index is -4.90. The summed E-state index contributed by atoms with van der Waals surface area (Å²) in [6, 6.07) is 6.96. The Hall–Kier alpha value is -4.00. The third kappa shape index (κ3) is 6.87. The number of hydrogen-bond acceptors (Lipinski definition) is 5. The van der Waals surface area contributed by atoms with E-state index in [9.17, 15) is 35.9 Å². The van der Waals surface area contributed by atoms with Gasteiger partial charge in [-0.25, -0.2) is 13.2 Å². The maximum absolute atomic E-state index is 14.0. The number of rotatable bonds is 7. The average molecular weight is 628 g/mol. The van der Waals surface area contributed by atoms with Gasteiger partial charge in [0.1, 0.15) is 11.9 Å². The smallest absolute Gasteiger partial charge is 0.416 e. The Morgan fingerprint density at radius 1 is 1.02 bits per heavy atom. The third-order valence-corrected chi connectivity index (χ3v) is 7.83. The molecule has 238 valence electrons. The molecule has 1 aliphatic rings. The molecular weight excluding hydrogens is 595 g/mol. The maximum Gasteiger partial charge on any atom is 0.416 e. The first-order valence-electron chi connectivity index (χ1n) is 13.4. The van der Waals surface area contributed by atoms with E-state index in [0.717, 1.165) is 6.07 Å². The number of amides is 1. The molecule has 1 fully saturated rings. The number of pyridine rings is 1. The molecule has 2 aromatic carbocycles. The summed E-state index contributed by atoms with van der Waals surface area (Å²) >= 11 is 0. The zero-order chi connectivity index (χ0) is 31.9. The van der Waals surface area contributed by atoms with Gasteiger partial charge in [-0.3, -0.25) is 24.6 Å². The third-order valence-electron chi connectivity index (χ3n) is 7.83. The Kier molecular flexibility index (Phi) is 10.1. The number of carbonyl (C=O) groups excluding carboxylic acids is 2. The highest BCUT2D eigenvalue weighted by atomic mass is 19.4. The van der Waals surface area contributed by atoms with Gasteiger partial charge in [0.2, 0.25) is 5.91 Å². The number of nitrogens with zero attached hydrogens (tertiary/aromatic N) is 2. The maximum atomic E-state index is 14.0. The predicted octanol–water partition coefficient (Wildman–Crippen LogP) is 7.21. The van der Waals surface area contributed by atoms with Crippen LogP contribution in [0.3, 0.4) is 0 Å². The van der Waals surface area contributed by atoms with E-state index in [1.807, 2.05) is 0 Å². The molecule has 2 heterocycles. The minimum Gasteiger partial charge on any atom is -0.468 e.